The summed E-state index contributed by atoms with van der Waals surface area (Å²) in [5.41, 5.74) is 3.80. The van der Waals surface area contributed by atoms with Crippen molar-refractivity contribution in [2.75, 3.05) is 33.4 Å². The van der Waals surface area contributed by atoms with Crippen LogP contribution in [0.15, 0.2) is 54.6 Å². The summed E-state index contributed by atoms with van der Waals surface area (Å²) in [6.45, 7) is 4.62. The van der Waals surface area contributed by atoms with E-state index in [4.69, 9.17) is 4.74 Å². The fraction of sp³-hybridized carbons (Fsp3) is 0.409. The highest BCUT2D eigenvalue weighted by Crippen LogP contribution is 2.05. The Morgan fingerprint density at radius 3 is 2.50 bits per heavy atom. The number of rotatable bonds is 10. The SMILES string of the molecule is COCCN(CCCc1ccccc1)C(=O)NCCc1cccc(C)c1. The van der Waals surface area contributed by atoms with Crippen LogP contribution in [-0.2, 0) is 17.6 Å². The number of nitrogens with zero attached hydrogens (tertiary/aromatic N) is 1. The summed E-state index contributed by atoms with van der Waals surface area (Å²) in [5.74, 6) is 0. The van der Waals surface area contributed by atoms with Crippen LogP contribution < -0.4 is 5.32 Å². The minimum atomic E-state index is -0.0113. The lowest BCUT2D eigenvalue weighted by molar-refractivity contribution is 0.148. The molecule has 26 heavy (non-hydrogen) atoms. The van der Waals surface area contributed by atoms with Crippen LogP contribution >= 0.6 is 0 Å². The highest BCUT2D eigenvalue weighted by atomic mass is 16.5. The van der Waals surface area contributed by atoms with Crippen LogP contribution in [0.25, 0.3) is 0 Å². The van der Waals surface area contributed by atoms with Gasteiger partial charge in [-0.2, -0.15) is 0 Å². The number of ether oxygens (including phenoxy) is 1. The summed E-state index contributed by atoms with van der Waals surface area (Å²) >= 11 is 0. The molecule has 4 heteroatoms. The number of amides is 2. The maximum Gasteiger partial charge on any atom is 0.317 e. The Bertz CT molecular complexity index is 658. The van der Waals surface area contributed by atoms with Gasteiger partial charge in [0.2, 0.25) is 0 Å². The average Bonchev–Trinajstić information content (AvgIpc) is 2.65. The number of hydrogen-bond acceptors (Lipinski definition) is 2. The largest absolute Gasteiger partial charge is 0.383 e. The minimum Gasteiger partial charge on any atom is -0.383 e. The third kappa shape index (κ3) is 7.28. The van der Waals surface area contributed by atoms with Crippen molar-refractivity contribution >= 4 is 6.03 Å². The standard InChI is InChI=1S/C22H30N2O2/c1-19-8-6-11-21(18-19)13-14-23-22(25)24(16-17-26-2)15-7-12-20-9-4-3-5-10-20/h3-6,8-11,18H,7,12-17H2,1-2H3,(H,23,25). The van der Waals surface area contributed by atoms with Crippen LogP contribution in [-0.4, -0.2) is 44.3 Å². The van der Waals surface area contributed by atoms with Gasteiger partial charge in [0, 0.05) is 26.7 Å². The van der Waals surface area contributed by atoms with E-state index in [1.54, 1.807) is 7.11 Å². The number of aryl methyl sites for hydroxylation is 2. The average molecular weight is 354 g/mol. The van der Waals surface area contributed by atoms with Crippen molar-refractivity contribution in [3.63, 3.8) is 0 Å². The number of nitrogens with one attached hydrogen (secondary N) is 1. The molecule has 4 nitrogen and oxygen atoms in total. The highest BCUT2D eigenvalue weighted by molar-refractivity contribution is 5.74. The van der Waals surface area contributed by atoms with Gasteiger partial charge < -0.3 is 15.0 Å². The van der Waals surface area contributed by atoms with Gasteiger partial charge in [-0.25, -0.2) is 4.79 Å². The molecule has 0 bridgehead atoms. The summed E-state index contributed by atoms with van der Waals surface area (Å²) in [5, 5.41) is 3.04. The quantitative estimate of drug-likeness (QED) is 0.704. The molecule has 0 aliphatic carbocycles. The Labute approximate surface area is 157 Å². The van der Waals surface area contributed by atoms with Gasteiger partial charge >= 0.3 is 6.03 Å². The van der Waals surface area contributed by atoms with Gasteiger partial charge in [-0.05, 0) is 37.3 Å². The van der Waals surface area contributed by atoms with Crippen LogP contribution in [0.1, 0.15) is 23.1 Å². The molecule has 0 unspecified atom stereocenters. The van der Waals surface area contributed by atoms with Gasteiger partial charge in [-0.15, -0.1) is 0 Å². The number of urea groups is 1. The van der Waals surface area contributed by atoms with Crippen LogP contribution in [0.3, 0.4) is 0 Å². The molecule has 0 heterocycles. The fourth-order valence-electron chi connectivity index (χ4n) is 2.93. The summed E-state index contributed by atoms with van der Waals surface area (Å²) in [7, 11) is 1.66. The van der Waals surface area contributed by atoms with Crippen LogP contribution in [0.2, 0.25) is 0 Å². The first kappa shape index (κ1) is 20.0. The second kappa shape index (κ2) is 11.3. The molecule has 2 amide bonds. The molecule has 0 aliphatic rings. The molecule has 0 spiro atoms. The van der Waals surface area contributed by atoms with Gasteiger partial charge in [-0.3, -0.25) is 0 Å². The normalized spacial score (nSPS) is 10.5. The molecule has 1 N–H and O–H groups in total. The van der Waals surface area contributed by atoms with E-state index in [0.29, 0.717) is 19.7 Å². The molecule has 0 radical (unpaired) electrons. The van der Waals surface area contributed by atoms with Crippen molar-refractivity contribution in [2.45, 2.75) is 26.2 Å². The molecule has 0 fully saturated rings. The fourth-order valence-corrected chi connectivity index (χ4v) is 2.93. The zero-order chi connectivity index (χ0) is 18.6. The van der Waals surface area contributed by atoms with Gasteiger partial charge in [0.05, 0.1) is 6.61 Å². The maximum absolute atomic E-state index is 12.5. The molecule has 0 saturated heterocycles. The molecule has 0 aromatic heterocycles. The maximum atomic E-state index is 12.5. The lowest BCUT2D eigenvalue weighted by atomic mass is 10.1. The first-order valence-electron chi connectivity index (χ1n) is 9.30. The summed E-state index contributed by atoms with van der Waals surface area (Å²) in [6.07, 6.45) is 2.76. The van der Waals surface area contributed by atoms with E-state index in [9.17, 15) is 4.79 Å². The van der Waals surface area contributed by atoms with Crippen LogP contribution in [0.5, 0.6) is 0 Å². The van der Waals surface area contributed by atoms with Crippen molar-refractivity contribution < 1.29 is 9.53 Å². The smallest absolute Gasteiger partial charge is 0.317 e. The Morgan fingerprint density at radius 1 is 1.00 bits per heavy atom. The molecular weight excluding hydrogens is 324 g/mol. The third-order valence-corrected chi connectivity index (χ3v) is 4.36. The van der Waals surface area contributed by atoms with Gasteiger partial charge in [0.15, 0.2) is 0 Å². The van der Waals surface area contributed by atoms with E-state index < -0.39 is 0 Å². The van der Waals surface area contributed by atoms with Gasteiger partial charge in [0.1, 0.15) is 0 Å². The second-order valence-corrected chi connectivity index (χ2v) is 6.54. The Kier molecular flexibility index (Phi) is 8.70. The van der Waals surface area contributed by atoms with Crippen molar-refractivity contribution in [3.8, 4) is 0 Å². The zero-order valence-corrected chi connectivity index (χ0v) is 15.9. The first-order valence-corrected chi connectivity index (χ1v) is 9.30. The number of benzene rings is 2. The van der Waals surface area contributed by atoms with Crippen molar-refractivity contribution in [3.05, 3.63) is 71.3 Å². The first-order chi connectivity index (χ1) is 12.7. The third-order valence-electron chi connectivity index (χ3n) is 4.36. The molecule has 2 aromatic rings. The number of carbonyl (C=O) groups excluding carboxylic acids is 1. The van der Waals surface area contributed by atoms with E-state index in [1.807, 2.05) is 11.0 Å². The molecular formula is C22H30N2O2. The van der Waals surface area contributed by atoms with E-state index in [1.165, 1.54) is 16.7 Å². The van der Waals surface area contributed by atoms with Gasteiger partial charge in [-0.1, -0.05) is 60.2 Å². The highest BCUT2D eigenvalue weighted by Gasteiger charge is 2.12. The number of carbonyl (C=O) groups is 1. The predicted octanol–water partition coefficient (Wildman–Crippen LogP) is 3.83. The van der Waals surface area contributed by atoms with Gasteiger partial charge in [0.25, 0.3) is 0 Å². The van der Waals surface area contributed by atoms with Crippen molar-refractivity contribution in [1.82, 2.24) is 10.2 Å². The lowest BCUT2D eigenvalue weighted by Gasteiger charge is -2.23. The van der Waals surface area contributed by atoms with E-state index in [0.717, 1.165) is 25.8 Å². The van der Waals surface area contributed by atoms with Crippen molar-refractivity contribution in [2.24, 2.45) is 0 Å². The van der Waals surface area contributed by atoms with Crippen molar-refractivity contribution in [1.29, 1.82) is 0 Å². The zero-order valence-electron chi connectivity index (χ0n) is 15.9. The minimum absolute atomic E-state index is 0.0113. The Morgan fingerprint density at radius 2 is 1.77 bits per heavy atom. The van der Waals surface area contributed by atoms with E-state index >= 15 is 0 Å². The molecule has 0 atom stereocenters. The molecule has 0 saturated carbocycles. The van der Waals surface area contributed by atoms with E-state index in [-0.39, 0.29) is 6.03 Å². The van der Waals surface area contributed by atoms with Crippen LogP contribution in [0.4, 0.5) is 4.79 Å². The predicted molar refractivity (Wildman–Crippen MR) is 106 cm³/mol. The van der Waals surface area contributed by atoms with Crippen LogP contribution in [0, 0.1) is 6.92 Å². The summed E-state index contributed by atoms with van der Waals surface area (Å²) in [6, 6.07) is 18.8. The Hall–Kier alpha value is -2.33. The summed E-state index contributed by atoms with van der Waals surface area (Å²) < 4.78 is 5.15. The second-order valence-electron chi connectivity index (χ2n) is 6.54. The lowest BCUT2D eigenvalue weighted by Crippen LogP contribution is -2.43. The molecule has 2 rings (SSSR count). The topological polar surface area (TPSA) is 41.6 Å². The summed E-state index contributed by atoms with van der Waals surface area (Å²) in [4.78, 5) is 14.4. The molecule has 140 valence electrons. The molecule has 0 aliphatic heterocycles. The molecule has 2 aromatic carbocycles. The Balaban J connectivity index is 1.77. The number of methoxy groups -OCH3 is 1. The number of hydrogen-bond donors (Lipinski definition) is 1. The van der Waals surface area contributed by atoms with E-state index in [2.05, 4.69) is 60.8 Å². The monoisotopic (exact) mass is 354 g/mol.